The van der Waals surface area contributed by atoms with Crippen molar-refractivity contribution in [3.05, 3.63) is 99.6 Å². The van der Waals surface area contributed by atoms with Crippen molar-refractivity contribution in [2.45, 2.75) is 33.7 Å². The van der Waals surface area contributed by atoms with Crippen molar-refractivity contribution in [2.24, 2.45) is 4.99 Å². The van der Waals surface area contributed by atoms with E-state index in [1.165, 1.54) is 11.3 Å². The van der Waals surface area contributed by atoms with Crippen LogP contribution < -0.4 is 24.4 Å². The van der Waals surface area contributed by atoms with Crippen LogP contribution in [0.1, 0.15) is 44.9 Å². The predicted octanol–water partition coefficient (Wildman–Crippen LogP) is 6.19. The van der Waals surface area contributed by atoms with Crippen LogP contribution in [0, 0.1) is 0 Å². The third-order valence-electron chi connectivity index (χ3n) is 7.34. The van der Waals surface area contributed by atoms with Crippen molar-refractivity contribution in [1.82, 2.24) is 9.47 Å². The summed E-state index contributed by atoms with van der Waals surface area (Å²) in [6, 6.07) is 14.9. The van der Waals surface area contributed by atoms with Gasteiger partial charge in [-0.15, -0.1) is 0 Å². The zero-order valence-electron chi connectivity index (χ0n) is 24.0. The Hall–Kier alpha value is -3.21. The number of hydrogen-bond acceptors (Lipinski definition) is 6. The third-order valence-corrected chi connectivity index (χ3v) is 9.37. The molecule has 1 atom stereocenters. The molecule has 0 unspecified atom stereocenters. The minimum atomic E-state index is -0.738. The van der Waals surface area contributed by atoms with Crippen LogP contribution in [0.25, 0.3) is 16.8 Å². The number of aromatic nitrogens is 1. The Morgan fingerprint density at radius 1 is 1.12 bits per heavy atom. The standard InChI is InChI=1S/C32H31Br2N3O4S/c1-6-36(7-2)31(39)26-18(4)35-32-37(28(26)27-22-12-10-9-11-19(22)13-14-24(27)40-5)30(38)25(42-32)16-20-15-21(33)17-23(34)29(20)41-8-3/h9-17,28H,6-8H2,1-5H3/b25-16+/t28-/m0/s1. The minimum Gasteiger partial charge on any atom is -0.496 e. The second-order valence-electron chi connectivity index (χ2n) is 9.70. The first-order chi connectivity index (χ1) is 20.2. The molecule has 5 rings (SSSR count). The van der Waals surface area contributed by atoms with Gasteiger partial charge in [0.05, 0.1) is 34.0 Å². The number of halogens is 2. The second-order valence-corrected chi connectivity index (χ2v) is 12.5. The molecule has 0 saturated carbocycles. The van der Waals surface area contributed by atoms with Crippen LogP contribution in [0.5, 0.6) is 11.5 Å². The topological polar surface area (TPSA) is 73.1 Å². The average molecular weight is 713 g/mol. The predicted molar refractivity (Wildman–Crippen MR) is 175 cm³/mol. The molecule has 0 spiro atoms. The van der Waals surface area contributed by atoms with Crippen LogP contribution in [0.4, 0.5) is 0 Å². The number of carbonyl (C=O) groups excluding carboxylic acids is 1. The highest BCUT2D eigenvalue weighted by Gasteiger charge is 2.36. The quantitative estimate of drug-likeness (QED) is 0.219. The summed E-state index contributed by atoms with van der Waals surface area (Å²) < 4.78 is 15.6. The summed E-state index contributed by atoms with van der Waals surface area (Å²) in [4.78, 5) is 35.6. The van der Waals surface area contributed by atoms with E-state index in [2.05, 4.69) is 31.9 Å². The van der Waals surface area contributed by atoms with Gasteiger partial charge < -0.3 is 14.4 Å². The number of nitrogens with zero attached hydrogens (tertiary/aromatic N) is 3. The number of likely N-dealkylation sites (N-methyl/N-ethyl adjacent to an activating group) is 1. The summed E-state index contributed by atoms with van der Waals surface area (Å²) >= 11 is 8.44. The molecule has 1 aliphatic rings. The molecule has 1 aromatic heterocycles. The molecule has 218 valence electrons. The van der Waals surface area contributed by atoms with Crippen LogP contribution >= 0.6 is 43.2 Å². The molecule has 10 heteroatoms. The number of allylic oxidation sites excluding steroid dienone is 1. The molecule has 1 amide bonds. The summed E-state index contributed by atoms with van der Waals surface area (Å²) in [6.07, 6.45) is 1.83. The largest absolute Gasteiger partial charge is 0.496 e. The Balaban J connectivity index is 1.86. The van der Waals surface area contributed by atoms with Crippen molar-refractivity contribution in [2.75, 3.05) is 26.8 Å². The number of benzene rings is 3. The maximum absolute atomic E-state index is 14.4. The number of hydrogen-bond donors (Lipinski definition) is 0. The van der Waals surface area contributed by atoms with Crippen LogP contribution in [-0.4, -0.2) is 42.2 Å². The van der Waals surface area contributed by atoms with E-state index in [1.54, 1.807) is 16.6 Å². The third kappa shape index (κ3) is 5.36. The fourth-order valence-electron chi connectivity index (χ4n) is 5.41. The van der Waals surface area contributed by atoms with Crippen molar-refractivity contribution in [3.63, 3.8) is 0 Å². The van der Waals surface area contributed by atoms with Gasteiger partial charge in [-0.2, -0.15) is 0 Å². The molecule has 7 nitrogen and oxygen atoms in total. The lowest BCUT2D eigenvalue weighted by molar-refractivity contribution is -0.127. The minimum absolute atomic E-state index is 0.148. The monoisotopic (exact) mass is 711 g/mol. The zero-order chi connectivity index (χ0) is 30.1. The molecule has 0 aliphatic carbocycles. The molecule has 0 radical (unpaired) electrons. The van der Waals surface area contributed by atoms with Gasteiger partial charge >= 0.3 is 0 Å². The first-order valence-electron chi connectivity index (χ1n) is 13.7. The Morgan fingerprint density at radius 3 is 2.55 bits per heavy atom. The van der Waals surface area contributed by atoms with Gasteiger partial charge in [0.2, 0.25) is 0 Å². The van der Waals surface area contributed by atoms with Crippen LogP contribution in [-0.2, 0) is 4.79 Å². The first-order valence-corrected chi connectivity index (χ1v) is 16.1. The molecule has 42 heavy (non-hydrogen) atoms. The van der Waals surface area contributed by atoms with Gasteiger partial charge in [-0.1, -0.05) is 57.6 Å². The average Bonchev–Trinajstić information content (AvgIpc) is 3.27. The van der Waals surface area contributed by atoms with E-state index in [1.807, 2.05) is 82.3 Å². The number of thiazole rings is 1. The van der Waals surface area contributed by atoms with Gasteiger partial charge in [0.15, 0.2) is 4.80 Å². The molecule has 4 aromatic rings. The van der Waals surface area contributed by atoms with Crippen molar-refractivity contribution in [3.8, 4) is 11.5 Å². The summed E-state index contributed by atoms with van der Waals surface area (Å²) in [7, 11) is 1.61. The van der Waals surface area contributed by atoms with Gasteiger partial charge in [-0.25, -0.2) is 4.99 Å². The van der Waals surface area contributed by atoms with Crippen LogP contribution in [0.15, 0.2) is 78.5 Å². The molecule has 3 aromatic carbocycles. The van der Waals surface area contributed by atoms with Crippen LogP contribution in [0.2, 0.25) is 0 Å². The van der Waals surface area contributed by atoms with Gasteiger partial charge in [0.1, 0.15) is 17.5 Å². The second kappa shape index (κ2) is 12.6. The Bertz CT molecular complexity index is 1910. The van der Waals surface area contributed by atoms with E-state index in [-0.39, 0.29) is 11.5 Å². The highest BCUT2D eigenvalue weighted by molar-refractivity contribution is 9.11. The molecular formula is C32H31Br2N3O4S. The van der Waals surface area contributed by atoms with E-state index in [0.717, 1.165) is 30.8 Å². The molecule has 2 heterocycles. The summed E-state index contributed by atoms with van der Waals surface area (Å²) in [5, 5.41) is 1.89. The summed E-state index contributed by atoms with van der Waals surface area (Å²) in [6.45, 7) is 9.21. The SMILES string of the molecule is CCOc1c(Br)cc(Br)cc1/C=c1/sc2n(c1=O)[C@H](c1c(OC)ccc3ccccc13)C(C(=O)N(CC)CC)=C(C)N=2. The highest BCUT2D eigenvalue weighted by Crippen LogP contribution is 2.40. The lowest BCUT2D eigenvalue weighted by Crippen LogP contribution is -2.43. The number of rotatable bonds is 8. The van der Waals surface area contributed by atoms with Crippen molar-refractivity contribution in [1.29, 1.82) is 0 Å². The van der Waals surface area contributed by atoms with E-state index >= 15 is 0 Å². The fourth-order valence-corrected chi connectivity index (χ4v) is 7.82. The molecule has 0 fully saturated rings. The van der Waals surface area contributed by atoms with Gasteiger partial charge in [0, 0.05) is 28.7 Å². The van der Waals surface area contributed by atoms with Crippen molar-refractivity contribution >= 4 is 66.0 Å². The van der Waals surface area contributed by atoms with E-state index in [0.29, 0.717) is 51.8 Å². The van der Waals surface area contributed by atoms with Gasteiger partial charge in [-0.05, 0) is 78.7 Å². The lowest BCUT2D eigenvalue weighted by atomic mass is 9.90. The Morgan fingerprint density at radius 2 is 1.86 bits per heavy atom. The molecule has 0 bridgehead atoms. The zero-order valence-corrected chi connectivity index (χ0v) is 28.0. The first kappa shape index (κ1) is 30.3. The number of fused-ring (bicyclic) bond motifs is 2. The van der Waals surface area contributed by atoms with Crippen molar-refractivity contribution < 1.29 is 14.3 Å². The summed E-state index contributed by atoms with van der Waals surface area (Å²) in [5.74, 6) is 1.10. The van der Waals surface area contributed by atoms with E-state index in [4.69, 9.17) is 14.5 Å². The molecule has 0 saturated heterocycles. The lowest BCUT2D eigenvalue weighted by Gasteiger charge is -2.30. The number of methoxy groups -OCH3 is 1. The number of carbonyl (C=O) groups is 1. The highest BCUT2D eigenvalue weighted by atomic mass is 79.9. The molecular weight excluding hydrogens is 682 g/mol. The number of ether oxygens (including phenoxy) is 2. The fraction of sp³-hybridized carbons (Fsp3) is 0.281. The van der Waals surface area contributed by atoms with E-state index in [9.17, 15) is 9.59 Å². The maximum Gasteiger partial charge on any atom is 0.271 e. The van der Waals surface area contributed by atoms with Crippen LogP contribution in [0.3, 0.4) is 0 Å². The Labute approximate surface area is 265 Å². The Kier molecular flexibility index (Phi) is 9.05. The van der Waals surface area contributed by atoms with Gasteiger partial charge in [-0.3, -0.25) is 14.2 Å². The van der Waals surface area contributed by atoms with Gasteiger partial charge in [0.25, 0.3) is 11.5 Å². The smallest absolute Gasteiger partial charge is 0.271 e. The normalized spacial score (nSPS) is 15.0. The molecule has 0 N–H and O–H groups in total. The van der Waals surface area contributed by atoms with E-state index < -0.39 is 6.04 Å². The summed E-state index contributed by atoms with van der Waals surface area (Å²) in [5.41, 5.74) is 2.31. The maximum atomic E-state index is 14.4. The number of amides is 1. The molecule has 1 aliphatic heterocycles.